The van der Waals surface area contributed by atoms with E-state index in [0.29, 0.717) is 17.4 Å². The lowest BCUT2D eigenvalue weighted by Crippen LogP contribution is -2.40. The second kappa shape index (κ2) is 8.13. The Balaban J connectivity index is 2.38. The summed E-state index contributed by atoms with van der Waals surface area (Å²) in [4.78, 5) is 0. The van der Waals surface area contributed by atoms with Crippen molar-refractivity contribution in [3.8, 4) is 0 Å². The molecule has 0 aromatic heterocycles. The van der Waals surface area contributed by atoms with Crippen LogP contribution in [0, 0.1) is 11.3 Å². The first-order valence-corrected chi connectivity index (χ1v) is 7.42. The van der Waals surface area contributed by atoms with Gasteiger partial charge in [-0.15, -0.1) is 0 Å². The SMILES string of the molecule is COCCCCC1(CNCC(C)C)CCOC1C. The molecule has 108 valence electrons. The van der Waals surface area contributed by atoms with Gasteiger partial charge in [0.15, 0.2) is 0 Å². The van der Waals surface area contributed by atoms with Gasteiger partial charge in [-0.25, -0.2) is 0 Å². The third-order valence-corrected chi connectivity index (χ3v) is 4.13. The molecule has 0 aromatic rings. The predicted molar refractivity (Wildman–Crippen MR) is 75.9 cm³/mol. The number of hydrogen-bond donors (Lipinski definition) is 1. The Labute approximate surface area is 113 Å². The van der Waals surface area contributed by atoms with E-state index in [1.54, 1.807) is 7.11 Å². The molecule has 1 rings (SSSR count). The Morgan fingerprint density at radius 1 is 1.39 bits per heavy atom. The average molecular weight is 257 g/mol. The molecule has 1 fully saturated rings. The maximum atomic E-state index is 5.81. The largest absolute Gasteiger partial charge is 0.385 e. The lowest BCUT2D eigenvalue weighted by Gasteiger charge is -2.33. The van der Waals surface area contributed by atoms with Crippen LogP contribution in [0.4, 0.5) is 0 Å². The van der Waals surface area contributed by atoms with Crippen molar-refractivity contribution >= 4 is 0 Å². The van der Waals surface area contributed by atoms with Gasteiger partial charge in [-0.05, 0) is 38.6 Å². The van der Waals surface area contributed by atoms with Crippen molar-refractivity contribution in [1.82, 2.24) is 5.32 Å². The molecule has 1 aliphatic heterocycles. The molecule has 1 N–H and O–H groups in total. The molecular formula is C15H31NO2. The number of nitrogens with one attached hydrogen (secondary N) is 1. The van der Waals surface area contributed by atoms with Crippen LogP contribution in [0.3, 0.4) is 0 Å². The van der Waals surface area contributed by atoms with Gasteiger partial charge in [0.05, 0.1) is 6.10 Å². The molecule has 18 heavy (non-hydrogen) atoms. The molecule has 0 aliphatic carbocycles. The van der Waals surface area contributed by atoms with Gasteiger partial charge in [0.2, 0.25) is 0 Å². The highest BCUT2D eigenvalue weighted by Gasteiger charge is 2.40. The Kier molecular flexibility index (Phi) is 7.20. The van der Waals surface area contributed by atoms with Gasteiger partial charge in [-0.1, -0.05) is 20.3 Å². The fourth-order valence-corrected chi connectivity index (χ4v) is 2.80. The lowest BCUT2D eigenvalue weighted by atomic mass is 9.77. The Morgan fingerprint density at radius 2 is 2.17 bits per heavy atom. The van der Waals surface area contributed by atoms with E-state index < -0.39 is 0 Å². The van der Waals surface area contributed by atoms with Gasteiger partial charge < -0.3 is 14.8 Å². The fraction of sp³-hybridized carbons (Fsp3) is 1.00. The number of rotatable bonds is 9. The summed E-state index contributed by atoms with van der Waals surface area (Å²) in [6, 6.07) is 0. The minimum atomic E-state index is 0.350. The van der Waals surface area contributed by atoms with Crippen molar-refractivity contribution in [2.45, 2.75) is 52.6 Å². The van der Waals surface area contributed by atoms with Gasteiger partial charge in [0.1, 0.15) is 0 Å². The Hall–Kier alpha value is -0.120. The van der Waals surface area contributed by atoms with Gasteiger partial charge in [-0.2, -0.15) is 0 Å². The molecule has 0 spiro atoms. The Bertz CT molecular complexity index is 221. The van der Waals surface area contributed by atoms with E-state index in [2.05, 4.69) is 26.1 Å². The molecule has 0 aromatic carbocycles. The molecular weight excluding hydrogens is 226 g/mol. The minimum absolute atomic E-state index is 0.350. The summed E-state index contributed by atoms with van der Waals surface area (Å²) in [6.07, 6.45) is 5.24. The summed E-state index contributed by atoms with van der Waals surface area (Å²) in [7, 11) is 1.78. The molecule has 0 saturated carbocycles. The van der Waals surface area contributed by atoms with Crippen LogP contribution in [-0.4, -0.2) is 39.5 Å². The first-order valence-electron chi connectivity index (χ1n) is 7.42. The lowest BCUT2D eigenvalue weighted by molar-refractivity contribution is 0.0554. The zero-order chi connectivity index (χ0) is 13.4. The van der Waals surface area contributed by atoms with Gasteiger partial charge in [0.25, 0.3) is 0 Å². The van der Waals surface area contributed by atoms with E-state index in [9.17, 15) is 0 Å². The van der Waals surface area contributed by atoms with Gasteiger partial charge >= 0.3 is 0 Å². The van der Waals surface area contributed by atoms with E-state index in [0.717, 1.165) is 32.7 Å². The predicted octanol–water partition coefficient (Wildman–Crippen LogP) is 2.84. The van der Waals surface area contributed by atoms with E-state index in [1.165, 1.54) is 19.3 Å². The molecule has 1 aliphatic rings. The molecule has 0 amide bonds. The highest BCUT2D eigenvalue weighted by Crippen LogP contribution is 2.39. The van der Waals surface area contributed by atoms with E-state index >= 15 is 0 Å². The second-order valence-electron chi connectivity index (χ2n) is 6.10. The maximum absolute atomic E-state index is 5.81. The molecule has 0 radical (unpaired) electrons. The molecule has 0 bridgehead atoms. The molecule has 3 nitrogen and oxygen atoms in total. The number of hydrogen-bond acceptors (Lipinski definition) is 3. The van der Waals surface area contributed by atoms with Crippen molar-refractivity contribution in [2.75, 3.05) is 33.4 Å². The van der Waals surface area contributed by atoms with Crippen molar-refractivity contribution in [3.05, 3.63) is 0 Å². The number of ether oxygens (including phenoxy) is 2. The quantitative estimate of drug-likeness (QED) is 0.644. The normalized spacial score (nSPS) is 28.2. The van der Waals surface area contributed by atoms with Crippen LogP contribution < -0.4 is 5.32 Å². The van der Waals surface area contributed by atoms with Crippen LogP contribution in [0.2, 0.25) is 0 Å². The first-order chi connectivity index (χ1) is 8.60. The van der Waals surface area contributed by atoms with E-state index in [-0.39, 0.29) is 0 Å². The van der Waals surface area contributed by atoms with Crippen LogP contribution >= 0.6 is 0 Å². The van der Waals surface area contributed by atoms with Crippen molar-refractivity contribution in [3.63, 3.8) is 0 Å². The third-order valence-electron chi connectivity index (χ3n) is 4.13. The summed E-state index contributed by atoms with van der Waals surface area (Å²) >= 11 is 0. The van der Waals surface area contributed by atoms with Crippen molar-refractivity contribution in [2.24, 2.45) is 11.3 Å². The standard InChI is InChI=1S/C15H31NO2/c1-13(2)11-16-12-15(7-5-6-9-17-4)8-10-18-14(15)3/h13-14,16H,5-12H2,1-4H3. The van der Waals surface area contributed by atoms with E-state index in [4.69, 9.17) is 9.47 Å². The smallest absolute Gasteiger partial charge is 0.0616 e. The second-order valence-corrected chi connectivity index (χ2v) is 6.10. The fourth-order valence-electron chi connectivity index (χ4n) is 2.80. The van der Waals surface area contributed by atoms with Crippen LogP contribution in [0.5, 0.6) is 0 Å². The average Bonchev–Trinajstić information content (AvgIpc) is 2.67. The number of methoxy groups -OCH3 is 1. The minimum Gasteiger partial charge on any atom is -0.385 e. The molecule has 2 unspecified atom stereocenters. The molecule has 2 atom stereocenters. The van der Waals surface area contributed by atoms with Crippen LogP contribution in [0.1, 0.15) is 46.5 Å². The van der Waals surface area contributed by atoms with Gasteiger partial charge in [-0.3, -0.25) is 0 Å². The summed E-state index contributed by atoms with van der Waals surface area (Å²) < 4.78 is 10.9. The summed E-state index contributed by atoms with van der Waals surface area (Å²) in [5.41, 5.74) is 0.350. The molecule has 3 heteroatoms. The van der Waals surface area contributed by atoms with Crippen LogP contribution in [-0.2, 0) is 9.47 Å². The summed E-state index contributed by atoms with van der Waals surface area (Å²) in [5.74, 6) is 0.716. The van der Waals surface area contributed by atoms with Crippen LogP contribution in [0.15, 0.2) is 0 Å². The highest BCUT2D eigenvalue weighted by molar-refractivity contribution is 4.91. The summed E-state index contributed by atoms with van der Waals surface area (Å²) in [6.45, 7) is 10.8. The summed E-state index contributed by atoms with van der Waals surface area (Å²) in [5, 5.41) is 3.63. The number of unbranched alkanes of at least 4 members (excludes halogenated alkanes) is 1. The van der Waals surface area contributed by atoms with Gasteiger partial charge in [0, 0.05) is 32.3 Å². The van der Waals surface area contributed by atoms with Crippen molar-refractivity contribution < 1.29 is 9.47 Å². The Morgan fingerprint density at radius 3 is 2.72 bits per heavy atom. The zero-order valence-electron chi connectivity index (χ0n) is 12.6. The monoisotopic (exact) mass is 257 g/mol. The van der Waals surface area contributed by atoms with Crippen LogP contribution in [0.25, 0.3) is 0 Å². The third kappa shape index (κ3) is 4.87. The topological polar surface area (TPSA) is 30.5 Å². The zero-order valence-corrected chi connectivity index (χ0v) is 12.6. The molecule has 1 heterocycles. The van der Waals surface area contributed by atoms with E-state index in [1.807, 2.05) is 0 Å². The van der Waals surface area contributed by atoms with Crippen molar-refractivity contribution in [1.29, 1.82) is 0 Å². The molecule has 1 saturated heterocycles. The maximum Gasteiger partial charge on any atom is 0.0616 e. The first kappa shape index (κ1) is 15.9. The highest BCUT2D eigenvalue weighted by atomic mass is 16.5.